The molecule has 0 atom stereocenters. The summed E-state index contributed by atoms with van der Waals surface area (Å²) >= 11 is 6.12. The average molecular weight is 478 g/mol. The zero-order chi connectivity index (χ0) is 24.0. The molecule has 0 saturated carbocycles. The van der Waals surface area contributed by atoms with Gasteiger partial charge in [0.25, 0.3) is 17.4 Å². The van der Waals surface area contributed by atoms with Gasteiger partial charge in [0.15, 0.2) is 11.5 Å². The number of hydrogen-bond donors (Lipinski definition) is 1. The second-order valence-electron chi connectivity index (χ2n) is 7.69. The molecule has 1 aliphatic rings. The van der Waals surface area contributed by atoms with Crippen molar-refractivity contribution in [3.05, 3.63) is 105 Å². The zero-order valence-corrected chi connectivity index (χ0v) is 18.4. The monoisotopic (exact) mass is 477 g/mol. The fraction of sp³-hybridized carbons (Fsp3) is 0.0833. The summed E-state index contributed by atoms with van der Waals surface area (Å²) in [5.41, 5.74) is 7.07. The average Bonchev–Trinajstić information content (AvgIpc) is 3.22. The van der Waals surface area contributed by atoms with Gasteiger partial charge in [-0.05, 0) is 61.0 Å². The minimum atomic E-state index is -0.857. The molecule has 3 heterocycles. The summed E-state index contributed by atoms with van der Waals surface area (Å²) < 4.78 is 16.2. The molecule has 2 aromatic carbocycles. The molecule has 5 rings (SSSR count). The molecule has 8 nitrogen and oxygen atoms in total. The number of fused-ring (bicyclic) bond motifs is 1. The van der Waals surface area contributed by atoms with Gasteiger partial charge in [0.1, 0.15) is 5.69 Å². The van der Waals surface area contributed by atoms with Crippen LogP contribution in [0.5, 0.6) is 0 Å². The number of carbonyl (C=O) groups excluding carboxylic acids is 2. The third kappa shape index (κ3) is 3.56. The summed E-state index contributed by atoms with van der Waals surface area (Å²) in [5, 5.41) is 4.77. The first-order chi connectivity index (χ1) is 16.3. The molecule has 170 valence electrons. The molecule has 0 bridgehead atoms. The quantitative estimate of drug-likeness (QED) is 0.487. The highest BCUT2D eigenvalue weighted by Crippen LogP contribution is 2.29. The van der Waals surface area contributed by atoms with Crippen LogP contribution < -0.4 is 16.2 Å². The largest absolute Gasteiger partial charge is 0.364 e. The Morgan fingerprint density at radius 3 is 2.44 bits per heavy atom. The van der Waals surface area contributed by atoms with Gasteiger partial charge < -0.3 is 10.6 Å². The first-order valence-corrected chi connectivity index (χ1v) is 10.7. The van der Waals surface area contributed by atoms with Gasteiger partial charge in [0.2, 0.25) is 0 Å². The Morgan fingerprint density at radius 1 is 1.00 bits per heavy atom. The number of aromatic nitrogens is 3. The molecule has 4 aromatic rings. The van der Waals surface area contributed by atoms with E-state index in [1.54, 1.807) is 53.4 Å². The van der Waals surface area contributed by atoms with Crippen LogP contribution in [0.3, 0.4) is 0 Å². The summed E-state index contributed by atoms with van der Waals surface area (Å²) in [6.45, 7) is 0.298. The Hall–Kier alpha value is -4.24. The minimum absolute atomic E-state index is 0.0452. The second kappa shape index (κ2) is 8.27. The number of primary amides is 1. The first kappa shape index (κ1) is 21.6. The van der Waals surface area contributed by atoms with E-state index >= 15 is 0 Å². The molecule has 2 N–H and O–H groups in total. The van der Waals surface area contributed by atoms with Gasteiger partial charge in [-0.3, -0.25) is 19.0 Å². The van der Waals surface area contributed by atoms with Crippen LogP contribution >= 0.6 is 11.6 Å². The van der Waals surface area contributed by atoms with Gasteiger partial charge in [-0.15, -0.1) is 0 Å². The van der Waals surface area contributed by atoms with E-state index in [1.807, 2.05) is 0 Å². The van der Waals surface area contributed by atoms with Crippen molar-refractivity contribution in [1.82, 2.24) is 14.3 Å². The van der Waals surface area contributed by atoms with Crippen molar-refractivity contribution in [2.24, 2.45) is 5.73 Å². The van der Waals surface area contributed by atoms with Crippen LogP contribution in [-0.2, 0) is 6.42 Å². The van der Waals surface area contributed by atoms with Crippen molar-refractivity contribution in [3.8, 4) is 11.4 Å². The number of amides is 2. The van der Waals surface area contributed by atoms with Crippen molar-refractivity contribution >= 4 is 29.1 Å². The van der Waals surface area contributed by atoms with Crippen LogP contribution in [0.2, 0.25) is 5.02 Å². The van der Waals surface area contributed by atoms with E-state index in [-0.39, 0.29) is 17.3 Å². The van der Waals surface area contributed by atoms with E-state index in [9.17, 15) is 18.8 Å². The predicted octanol–water partition coefficient (Wildman–Crippen LogP) is 3.12. The number of rotatable bonds is 4. The Balaban J connectivity index is 1.55. The van der Waals surface area contributed by atoms with E-state index in [0.717, 1.165) is 6.07 Å². The Morgan fingerprint density at radius 2 is 1.74 bits per heavy atom. The van der Waals surface area contributed by atoms with Crippen LogP contribution in [0, 0.1) is 5.82 Å². The first-order valence-electron chi connectivity index (χ1n) is 10.3. The summed E-state index contributed by atoms with van der Waals surface area (Å²) in [6, 6.07) is 15.9. The lowest BCUT2D eigenvalue weighted by atomic mass is 10.0. The number of nitrogens with two attached hydrogens (primary N) is 1. The summed E-state index contributed by atoms with van der Waals surface area (Å²) in [7, 11) is 0. The Kier molecular flexibility index (Phi) is 5.25. The molecule has 0 radical (unpaired) electrons. The lowest BCUT2D eigenvalue weighted by molar-refractivity contribution is 0.0972. The van der Waals surface area contributed by atoms with Crippen LogP contribution in [0.4, 0.5) is 10.1 Å². The van der Waals surface area contributed by atoms with Gasteiger partial charge in [0.05, 0.1) is 5.69 Å². The maximum absolute atomic E-state index is 13.7. The van der Waals surface area contributed by atoms with E-state index < -0.39 is 17.3 Å². The third-order valence-corrected chi connectivity index (χ3v) is 5.88. The lowest BCUT2D eigenvalue weighted by Gasteiger charge is -2.28. The molecule has 2 amide bonds. The number of carbonyl (C=O) groups is 2. The molecular weight excluding hydrogens is 461 g/mol. The number of nitrogens with zero attached hydrogens (tertiary/aromatic N) is 4. The van der Waals surface area contributed by atoms with Gasteiger partial charge >= 0.3 is 0 Å². The molecule has 0 aliphatic carbocycles. The number of anilines is 1. The zero-order valence-electron chi connectivity index (χ0n) is 17.6. The highest BCUT2D eigenvalue weighted by molar-refractivity contribution is 6.30. The molecule has 34 heavy (non-hydrogen) atoms. The van der Waals surface area contributed by atoms with E-state index in [4.69, 9.17) is 17.3 Å². The number of halogens is 2. The Labute approximate surface area is 197 Å². The van der Waals surface area contributed by atoms with Gasteiger partial charge in [0, 0.05) is 34.7 Å². The molecule has 0 saturated heterocycles. The normalized spacial score (nSPS) is 13.1. The van der Waals surface area contributed by atoms with Crippen molar-refractivity contribution < 1.29 is 14.0 Å². The number of benzene rings is 2. The van der Waals surface area contributed by atoms with E-state index in [0.29, 0.717) is 40.6 Å². The van der Waals surface area contributed by atoms with Gasteiger partial charge in [-0.25, -0.2) is 9.07 Å². The maximum atomic E-state index is 13.7. The number of pyridine rings is 1. The highest BCUT2D eigenvalue weighted by atomic mass is 35.5. The standard InChI is InChI=1S/C24H17ClFN5O3/c25-14-3-1-4-17(13-14)31-21-18(20(28-31)22(27)32)10-12-30(24(21)34)16-8-6-15(7-9-16)29-11-2-5-19(26)23(29)33/h1-9,11,13H,10,12H2,(H2,27,32). The van der Waals surface area contributed by atoms with Gasteiger partial charge in [-0.2, -0.15) is 5.10 Å². The molecular formula is C24H17ClFN5O3. The lowest BCUT2D eigenvalue weighted by Crippen LogP contribution is -2.39. The SMILES string of the molecule is NC(=O)c1nn(-c2cccc(Cl)c2)c2c1CCN(c1ccc(-n3cccc(F)c3=O)cc1)C2=O. The fourth-order valence-corrected chi connectivity index (χ4v) is 4.25. The number of hydrogen-bond acceptors (Lipinski definition) is 4. The molecule has 0 spiro atoms. The summed E-state index contributed by atoms with van der Waals surface area (Å²) in [4.78, 5) is 39.2. The summed E-state index contributed by atoms with van der Waals surface area (Å²) in [5.74, 6) is -1.94. The van der Waals surface area contributed by atoms with Crippen LogP contribution in [0.15, 0.2) is 71.7 Å². The molecule has 10 heteroatoms. The maximum Gasteiger partial charge on any atom is 0.291 e. The second-order valence-corrected chi connectivity index (χ2v) is 8.12. The molecule has 0 fully saturated rings. The van der Waals surface area contributed by atoms with E-state index in [1.165, 1.54) is 21.5 Å². The Bertz CT molecular complexity index is 1510. The van der Waals surface area contributed by atoms with Crippen molar-refractivity contribution in [2.45, 2.75) is 6.42 Å². The van der Waals surface area contributed by atoms with Crippen molar-refractivity contribution in [1.29, 1.82) is 0 Å². The summed E-state index contributed by atoms with van der Waals surface area (Å²) in [6.07, 6.45) is 1.83. The predicted molar refractivity (Wildman–Crippen MR) is 124 cm³/mol. The van der Waals surface area contributed by atoms with Crippen molar-refractivity contribution in [2.75, 3.05) is 11.4 Å². The van der Waals surface area contributed by atoms with Crippen molar-refractivity contribution in [3.63, 3.8) is 0 Å². The molecule has 2 aromatic heterocycles. The van der Waals surface area contributed by atoms with Crippen LogP contribution in [0.25, 0.3) is 11.4 Å². The van der Waals surface area contributed by atoms with Crippen LogP contribution in [-0.4, -0.2) is 32.7 Å². The fourth-order valence-electron chi connectivity index (χ4n) is 4.06. The van der Waals surface area contributed by atoms with E-state index in [2.05, 4.69) is 5.10 Å². The highest BCUT2D eigenvalue weighted by Gasteiger charge is 2.34. The van der Waals surface area contributed by atoms with Crippen LogP contribution in [0.1, 0.15) is 26.5 Å². The minimum Gasteiger partial charge on any atom is -0.364 e. The smallest absolute Gasteiger partial charge is 0.291 e. The molecule has 0 unspecified atom stereocenters. The molecule has 1 aliphatic heterocycles. The topological polar surface area (TPSA) is 103 Å². The van der Waals surface area contributed by atoms with Gasteiger partial charge in [-0.1, -0.05) is 17.7 Å². The third-order valence-electron chi connectivity index (χ3n) is 5.64.